The van der Waals surface area contributed by atoms with E-state index in [4.69, 9.17) is 0 Å². The molecule has 2 N–H and O–H groups in total. The van der Waals surface area contributed by atoms with E-state index in [0.29, 0.717) is 6.04 Å². The van der Waals surface area contributed by atoms with Crippen LogP contribution in [0.2, 0.25) is 0 Å². The summed E-state index contributed by atoms with van der Waals surface area (Å²) in [6, 6.07) is 0.476. The molecule has 0 saturated heterocycles. The standard InChI is InChI=1S/C10H23NO/c1-6-9(12)7-10(4,5)11-8(2)3/h8-9,11-12H,6-7H2,1-5H3. The summed E-state index contributed by atoms with van der Waals surface area (Å²) in [6.07, 6.45) is 1.48. The summed E-state index contributed by atoms with van der Waals surface area (Å²) in [5, 5.41) is 12.9. The minimum atomic E-state index is -0.175. The zero-order valence-electron chi connectivity index (χ0n) is 9.02. The lowest BCUT2D eigenvalue weighted by Gasteiger charge is -2.30. The van der Waals surface area contributed by atoms with Gasteiger partial charge in [0.1, 0.15) is 0 Å². The topological polar surface area (TPSA) is 32.3 Å². The average Bonchev–Trinajstić information content (AvgIpc) is 1.83. The van der Waals surface area contributed by atoms with Crippen molar-refractivity contribution in [2.45, 2.75) is 65.1 Å². The van der Waals surface area contributed by atoms with Crippen molar-refractivity contribution >= 4 is 0 Å². The molecule has 2 heteroatoms. The van der Waals surface area contributed by atoms with Gasteiger partial charge in [0.05, 0.1) is 6.10 Å². The molecule has 0 aliphatic carbocycles. The fourth-order valence-corrected chi connectivity index (χ4v) is 1.57. The lowest BCUT2D eigenvalue weighted by atomic mass is 9.95. The maximum Gasteiger partial charge on any atom is 0.0555 e. The van der Waals surface area contributed by atoms with Gasteiger partial charge in [-0.15, -0.1) is 0 Å². The van der Waals surface area contributed by atoms with Gasteiger partial charge < -0.3 is 10.4 Å². The predicted molar refractivity (Wildman–Crippen MR) is 53.3 cm³/mol. The van der Waals surface area contributed by atoms with Crippen LogP contribution in [0.3, 0.4) is 0 Å². The molecule has 0 aromatic heterocycles. The van der Waals surface area contributed by atoms with Crippen molar-refractivity contribution in [1.82, 2.24) is 5.32 Å². The van der Waals surface area contributed by atoms with Crippen LogP contribution in [0.4, 0.5) is 0 Å². The molecular weight excluding hydrogens is 150 g/mol. The second-order valence-corrected chi connectivity index (χ2v) is 4.45. The van der Waals surface area contributed by atoms with Gasteiger partial charge in [-0.1, -0.05) is 20.8 Å². The molecule has 0 aromatic rings. The predicted octanol–water partition coefficient (Wildman–Crippen LogP) is 1.92. The van der Waals surface area contributed by atoms with Crippen LogP contribution in [-0.2, 0) is 0 Å². The number of aliphatic hydroxyl groups excluding tert-OH is 1. The maximum absolute atomic E-state index is 9.47. The Labute approximate surface area is 76.4 Å². The molecule has 0 radical (unpaired) electrons. The van der Waals surface area contributed by atoms with Crippen LogP contribution in [-0.4, -0.2) is 22.8 Å². The van der Waals surface area contributed by atoms with Gasteiger partial charge >= 0.3 is 0 Å². The first-order chi connectivity index (χ1) is 5.37. The summed E-state index contributed by atoms with van der Waals surface area (Å²) >= 11 is 0. The van der Waals surface area contributed by atoms with E-state index in [1.165, 1.54) is 0 Å². The van der Waals surface area contributed by atoms with Crippen LogP contribution in [0.1, 0.15) is 47.5 Å². The summed E-state index contributed by atoms with van der Waals surface area (Å²) in [4.78, 5) is 0. The molecule has 0 saturated carbocycles. The Kier molecular flexibility index (Phi) is 4.80. The fraction of sp³-hybridized carbons (Fsp3) is 1.00. The molecule has 0 spiro atoms. The van der Waals surface area contributed by atoms with Crippen molar-refractivity contribution in [2.24, 2.45) is 0 Å². The van der Waals surface area contributed by atoms with Crippen molar-refractivity contribution in [2.75, 3.05) is 0 Å². The highest BCUT2D eigenvalue weighted by Gasteiger charge is 2.21. The molecule has 0 aliphatic heterocycles. The van der Waals surface area contributed by atoms with Crippen molar-refractivity contribution in [3.63, 3.8) is 0 Å². The summed E-state index contributed by atoms with van der Waals surface area (Å²) in [5.74, 6) is 0. The normalized spacial score (nSPS) is 15.2. The minimum Gasteiger partial charge on any atom is -0.393 e. The Morgan fingerprint density at radius 1 is 1.33 bits per heavy atom. The molecule has 0 aliphatic rings. The van der Waals surface area contributed by atoms with E-state index in [1.54, 1.807) is 0 Å². The molecule has 0 bridgehead atoms. The van der Waals surface area contributed by atoms with Crippen LogP contribution in [0.25, 0.3) is 0 Å². The first-order valence-electron chi connectivity index (χ1n) is 4.83. The second kappa shape index (κ2) is 4.83. The van der Waals surface area contributed by atoms with Gasteiger partial charge in [0.15, 0.2) is 0 Å². The van der Waals surface area contributed by atoms with Crippen molar-refractivity contribution < 1.29 is 5.11 Å². The highest BCUT2D eigenvalue weighted by Crippen LogP contribution is 2.14. The van der Waals surface area contributed by atoms with Crippen LogP contribution < -0.4 is 5.32 Å². The monoisotopic (exact) mass is 173 g/mol. The lowest BCUT2D eigenvalue weighted by Crippen LogP contribution is -2.45. The molecular formula is C10H23NO. The highest BCUT2D eigenvalue weighted by molar-refractivity contribution is 4.81. The van der Waals surface area contributed by atoms with Gasteiger partial charge in [0.2, 0.25) is 0 Å². The second-order valence-electron chi connectivity index (χ2n) is 4.45. The van der Waals surface area contributed by atoms with E-state index >= 15 is 0 Å². The van der Waals surface area contributed by atoms with E-state index in [0.717, 1.165) is 12.8 Å². The Hall–Kier alpha value is -0.0800. The summed E-state index contributed by atoms with van der Waals surface area (Å²) in [6.45, 7) is 10.5. The number of rotatable bonds is 5. The van der Waals surface area contributed by atoms with Crippen LogP contribution in [0.5, 0.6) is 0 Å². The van der Waals surface area contributed by atoms with Crippen LogP contribution in [0.15, 0.2) is 0 Å². The zero-order valence-corrected chi connectivity index (χ0v) is 9.02. The van der Waals surface area contributed by atoms with Gasteiger partial charge in [-0.25, -0.2) is 0 Å². The first kappa shape index (κ1) is 11.9. The van der Waals surface area contributed by atoms with E-state index in [2.05, 4.69) is 33.0 Å². The van der Waals surface area contributed by atoms with E-state index in [9.17, 15) is 5.11 Å². The Morgan fingerprint density at radius 2 is 1.83 bits per heavy atom. The van der Waals surface area contributed by atoms with Gasteiger partial charge in [-0.3, -0.25) is 0 Å². The molecule has 1 atom stereocenters. The van der Waals surface area contributed by atoms with Crippen molar-refractivity contribution in [3.05, 3.63) is 0 Å². The number of hydrogen-bond donors (Lipinski definition) is 2. The third-order valence-corrected chi connectivity index (χ3v) is 1.90. The van der Waals surface area contributed by atoms with E-state index in [1.807, 2.05) is 6.92 Å². The summed E-state index contributed by atoms with van der Waals surface area (Å²) < 4.78 is 0. The van der Waals surface area contributed by atoms with E-state index < -0.39 is 0 Å². The maximum atomic E-state index is 9.47. The van der Waals surface area contributed by atoms with Crippen LogP contribution in [0, 0.1) is 0 Å². The molecule has 0 amide bonds. The van der Waals surface area contributed by atoms with Gasteiger partial charge in [0, 0.05) is 11.6 Å². The molecule has 2 nitrogen and oxygen atoms in total. The van der Waals surface area contributed by atoms with Crippen LogP contribution >= 0.6 is 0 Å². The van der Waals surface area contributed by atoms with Crippen molar-refractivity contribution in [1.29, 1.82) is 0 Å². The SMILES string of the molecule is CCC(O)CC(C)(C)NC(C)C. The number of aliphatic hydroxyl groups is 1. The Morgan fingerprint density at radius 3 is 2.17 bits per heavy atom. The smallest absolute Gasteiger partial charge is 0.0555 e. The number of nitrogens with one attached hydrogen (secondary N) is 1. The Balaban J connectivity index is 3.85. The third-order valence-electron chi connectivity index (χ3n) is 1.90. The lowest BCUT2D eigenvalue weighted by molar-refractivity contribution is 0.122. The minimum absolute atomic E-state index is 0.0452. The average molecular weight is 173 g/mol. The summed E-state index contributed by atoms with van der Waals surface area (Å²) in [5.41, 5.74) is 0.0452. The molecule has 12 heavy (non-hydrogen) atoms. The molecule has 0 rings (SSSR count). The van der Waals surface area contributed by atoms with Gasteiger partial charge in [-0.05, 0) is 26.7 Å². The highest BCUT2D eigenvalue weighted by atomic mass is 16.3. The molecule has 74 valence electrons. The fourth-order valence-electron chi connectivity index (χ4n) is 1.57. The van der Waals surface area contributed by atoms with Crippen molar-refractivity contribution in [3.8, 4) is 0 Å². The summed E-state index contributed by atoms with van der Waals surface area (Å²) in [7, 11) is 0. The quantitative estimate of drug-likeness (QED) is 0.666. The number of hydrogen-bond acceptors (Lipinski definition) is 2. The van der Waals surface area contributed by atoms with Gasteiger partial charge in [0.25, 0.3) is 0 Å². The third kappa shape index (κ3) is 5.56. The molecule has 0 fully saturated rings. The molecule has 0 aromatic carbocycles. The molecule has 0 heterocycles. The molecule has 1 unspecified atom stereocenters. The first-order valence-corrected chi connectivity index (χ1v) is 4.83. The van der Waals surface area contributed by atoms with E-state index in [-0.39, 0.29) is 11.6 Å². The largest absolute Gasteiger partial charge is 0.393 e. The van der Waals surface area contributed by atoms with Gasteiger partial charge in [-0.2, -0.15) is 0 Å². The zero-order chi connectivity index (χ0) is 9.78. The Bertz CT molecular complexity index is 121.